The van der Waals surface area contributed by atoms with Gasteiger partial charge in [0.25, 0.3) is 0 Å². The summed E-state index contributed by atoms with van der Waals surface area (Å²) in [5.74, 6) is 2.34. The quantitative estimate of drug-likeness (QED) is 0.669. The van der Waals surface area contributed by atoms with Crippen molar-refractivity contribution in [1.29, 1.82) is 0 Å². The molecule has 0 radical (unpaired) electrons. The van der Waals surface area contributed by atoms with Gasteiger partial charge in [0.05, 0.1) is 6.10 Å². The van der Waals surface area contributed by atoms with Crippen LogP contribution in [0.2, 0.25) is 0 Å². The normalized spacial score (nSPS) is 44.6. The van der Waals surface area contributed by atoms with Gasteiger partial charge >= 0.3 is 0 Å². The molecule has 2 saturated carbocycles. The van der Waals surface area contributed by atoms with Crippen LogP contribution in [0.1, 0.15) is 52.9 Å². The minimum atomic E-state index is -0.240. The molecule has 1 heteroatoms. The number of hydrogen-bond donors (Lipinski definition) is 1. The maximum Gasteiger partial charge on any atom is 0.0753 e. The molecule has 0 aliphatic heterocycles. The fourth-order valence-corrected chi connectivity index (χ4v) is 4.32. The van der Waals surface area contributed by atoms with Gasteiger partial charge in [0.1, 0.15) is 0 Å². The van der Waals surface area contributed by atoms with E-state index in [1.165, 1.54) is 19.3 Å². The maximum absolute atomic E-state index is 10.1. The van der Waals surface area contributed by atoms with Crippen LogP contribution in [0, 0.1) is 23.2 Å². The molecule has 0 heterocycles. The average Bonchev–Trinajstić information content (AvgIpc) is 2.51. The predicted molar refractivity (Wildman–Crippen MR) is 68.2 cm³/mol. The molecular weight excluding hydrogens is 196 g/mol. The first-order valence-electron chi connectivity index (χ1n) is 6.83. The van der Waals surface area contributed by atoms with Crippen molar-refractivity contribution >= 4 is 0 Å². The highest BCUT2D eigenvalue weighted by atomic mass is 16.3. The van der Waals surface area contributed by atoms with E-state index >= 15 is 0 Å². The molecule has 0 amide bonds. The molecule has 0 aromatic carbocycles. The summed E-state index contributed by atoms with van der Waals surface area (Å²) in [6.45, 7) is 11.1. The third-order valence-electron chi connectivity index (χ3n) is 5.39. The van der Waals surface area contributed by atoms with Gasteiger partial charge in [-0.3, -0.25) is 0 Å². The lowest BCUT2D eigenvalue weighted by molar-refractivity contribution is 0.0117. The second kappa shape index (κ2) is 4.18. The molecule has 0 aromatic heterocycles. The minimum Gasteiger partial charge on any atom is -0.389 e. The van der Waals surface area contributed by atoms with E-state index in [-0.39, 0.29) is 6.10 Å². The first-order chi connectivity index (χ1) is 7.47. The van der Waals surface area contributed by atoms with Gasteiger partial charge in [0.2, 0.25) is 0 Å². The Balaban J connectivity index is 2.24. The van der Waals surface area contributed by atoms with Gasteiger partial charge in [-0.05, 0) is 60.8 Å². The first-order valence-corrected chi connectivity index (χ1v) is 6.83. The molecule has 1 N–H and O–H groups in total. The Labute approximate surface area is 99.9 Å². The molecule has 2 rings (SSSR count). The van der Waals surface area contributed by atoms with E-state index in [0.29, 0.717) is 5.41 Å². The zero-order valence-corrected chi connectivity index (χ0v) is 11.0. The molecule has 2 fully saturated rings. The van der Waals surface area contributed by atoms with Crippen LogP contribution < -0.4 is 0 Å². The molecule has 2 aliphatic carbocycles. The van der Waals surface area contributed by atoms with Crippen molar-refractivity contribution in [3.63, 3.8) is 0 Å². The van der Waals surface area contributed by atoms with Crippen molar-refractivity contribution in [2.24, 2.45) is 23.2 Å². The van der Waals surface area contributed by atoms with Crippen LogP contribution in [0.4, 0.5) is 0 Å². The number of aliphatic hydroxyl groups is 1. The summed E-state index contributed by atoms with van der Waals surface area (Å²) in [6.07, 6.45) is 5.73. The maximum atomic E-state index is 10.1. The van der Waals surface area contributed by atoms with Gasteiger partial charge in [-0.25, -0.2) is 0 Å². The van der Waals surface area contributed by atoms with Crippen molar-refractivity contribution in [2.45, 2.75) is 59.0 Å². The fourth-order valence-electron chi connectivity index (χ4n) is 4.32. The molecule has 4 atom stereocenters. The summed E-state index contributed by atoms with van der Waals surface area (Å²) in [5, 5.41) is 10.1. The number of aliphatic hydroxyl groups excluding tert-OH is 1. The van der Waals surface area contributed by atoms with Gasteiger partial charge in [-0.15, -0.1) is 0 Å². The smallest absolute Gasteiger partial charge is 0.0753 e. The summed E-state index contributed by atoms with van der Waals surface area (Å²) >= 11 is 0. The first kappa shape index (κ1) is 12.2. The van der Waals surface area contributed by atoms with Crippen molar-refractivity contribution < 1.29 is 5.11 Å². The van der Waals surface area contributed by atoms with Crippen LogP contribution in [0.3, 0.4) is 0 Å². The Hall–Kier alpha value is -0.300. The summed E-state index contributed by atoms with van der Waals surface area (Å²) < 4.78 is 0. The van der Waals surface area contributed by atoms with Crippen LogP contribution >= 0.6 is 0 Å². The van der Waals surface area contributed by atoms with E-state index in [2.05, 4.69) is 27.4 Å². The molecule has 0 bridgehead atoms. The van der Waals surface area contributed by atoms with Gasteiger partial charge in [-0.2, -0.15) is 0 Å². The third kappa shape index (κ3) is 1.73. The van der Waals surface area contributed by atoms with Gasteiger partial charge < -0.3 is 5.11 Å². The van der Waals surface area contributed by atoms with E-state index in [0.717, 1.165) is 36.2 Å². The second-order valence-electron chi connectivity index (χ2n) is 6.44. The van der Waals surface area contributed by atoms with E-state index < -0.39 is 0 Å². The van der Waals surface area contributed by atoms with Crippen molar-refractivity contribution in [1.82, 2.24) is 0 Å². The lowest BCUT2D eigenvalue weighted by Gasteiger charge is -2.46. The Bertz CT molecular complexity index is 281. The summed E-state index contributed by atoms with van der Waals surface area (Å²) in [4.78, 5) is 0. The Morgan fingerprint density at radius 1 is 1.38 bits per heavy atom. The number of rotatable bonds is 1. The van der Waals surface area contributed by atoms with Gasteiger partial charge in [-0.1, -0.05) is 27.4 Å². The zero-order chi connectivity index (χ0) is 11.9. The SMILES string of the molecule is C=C1CC[C@@]2(C[C@H]1O)[C@H](C)CC[C@@H]2C(C)C. The highest BCUT2D eigenvalue weighted by Gasteiger charge is 2.51. The van der Waals surface area contributed by atoms with Crippen LogP contribution in [0.15, 0.2) is 12.2 Å². The monoisotopic (exact) mass is 222 g/mol. The summed E-state index contributed by atoms with van der Waals surface area (Å²) in [6, 6.07) is 0. The summed E-state index contributed by atoms with van der Waals surface area (Å²) in [7, 11) is 0. The van der Waals surface area contributed by atoms with Crippen LogP contribution in [0.25, 0.3) is 0 Å². The van der Waals surface area contributed by atoms with Gasteiger partial charge in [0.15, 0.2) is 0 Å². The molecule has 92 valence electrons. The predicted octanol–water partition coefficient (Wildman–Crippen LogP) is 3.78. The third-order valence-corrected chi connectivity index (χ3v) is 5.39. The number of hydrogen-bond acceptors (Lipinski definition) is 1. The van der Waals surface area contributed by atoms with Crippen LogP contribution in [-0.2, 0) is 0 Å². The Morgan fingerprint density at radius 2 is 2.06 bits per heavy atom. The van der Waals surface area contributed by atoms with Gasteiger partial charge in [0, 0.05) is 0 Å². The molecule has 0 unspecified atom stereocenters. The topological polar surface area (TPSA) is 20.2 Å². The molecule has 1 spiro atoms. The molecule has 1 nitrogen and oxygen atoms in total. The zero-order valence-electron chi connectivity index (χ0n) is 11.0. The summed E-state index contributed by atoms with van der Waals surface area (Å²) in [5.41, 5.74) is 1.47. The van der Waals surface area contributed by atoms with Crippen molar-refractivity contribution in [2.75, 3.05) is 0 Å². The Kier molecular flexibility index (Phi) is 3.18. The molecular formula is C15H26O. The molecule has 2 aliphatic rings. The molecule has 0 saturated heterocycles. The van der Waals surface area contributed by atoms with Crippen LogP contribution in [0.5, 0.6) is 0 Å². The molecule has 16 heavy (non-hydrogen) atoms. The lowest BCUT2D eigenvalue weighted by atomic mass is 9.59. The van der Waals surface area contributed by atoms with Crippen molar-refractivity contribution in [3.8, 4) is 0 Å². The van der Waals surface area contributed by atoms with Crippen molar-refractivity contribution in [3.05, 3.63) is 12.2 Å². The minimum absolute atomic E-state index is 0.240. The second-order valence-corrected chi connectivity index (χ2v) is 6.44. The standard InChI is InChI=1S/C15H26O/c1-10(2)13-6-5-12(4)15(13)8-7-11(3)14(16)9-15/h10,12-14,16H,3,5-9H2,1-2,4H3/t12-,13-,14-,15-/m1/s1. The molecule has 0 aromatic rings. The van der Waals surface area contributed by atoms with Crippen LogP contribution in [-0.4, -0.2) is 11.2 Å². The average molecular weight is 222 g/mol. The van der Waals surface area contributed by atoms with E-state index in [1.54, 1.807) is 0 Å². The van der Waals surface area contributed by atoms with E-state index in [9.17, 15) is 5.11 Å². The lowest BCUT2D eigenvalue weighted by Crippen LogP contribution is -2.41. The van der Waals surface area contributed by atoms with E-state index in [1.807, 2.05) is 0 Å². The van der Waals surface area contributed by atoms with E-state index in [4.69, 9.17) is 0 Å². The highest BCUT2D eigenvalue weighted by molar-refractivity contribution is 5.13. The largest absolute Gasteiger partial charge is 0.389 e. The highest BCUT2D eigenvalue weighted by Crippen LogP contribution is 2.58. The fraction of sp³-hybridized carbons (Fsp3) is 0.867. The Morgan fingerprint density at radius 3 is 2.62 bits per heavy atom.